The van der Waals surface area contributed by atoms with E-state index in [1.165, 1.54) is 6.20 Å². The minimum absolute atomic E-state index is 0.0785. The van der Waals surface area contributed by atoms with Crippen LogP contribution in [-0.4, -0.2) is 16.7 Å². The number of pyridine rings is 1. The third-order valence-electron chi connectivity index (χ3n) is 2.87. The summed E-state index contributed by atoms with van der Waals surface area (Å²) in [5.41, 5.74) is 1.91. The lowest BCUT2D eigenvalue weighted by molar-refractivity contribution is -0.115. The smallest absolute Gasteiger partial charge is 0.230 e. The van der Waals surface area contributed by atoms with Gasteiger partial charge in [-0.3, -0.25) is 9.59 Å². The van der Waals surface area contributed by atoms with Crippen LogP contribution in [0.5, 0.6) is 0 Å². The molecule has 4 nitrogen and oxygen atoms in total. The molecule has 0 saturated carbocycles. The van der Waals surface area contributed by atoms with E-state index in [4.69, 9.17) is 0 Å². The summed E-state index contributed by atoms with van der Waals surface area (Å²) in [6.45, 7) is 0. The first-order chi connectivity index (χ1) is 8.74. The van der Waals surface area contributed by atoms with Crippen LogP contribution < -0.4 is 5.32 Å². The molecule has 1 aliphatic heterocycles. The molecular weight excluding hydrogens is 228 g/mol. The molecule has 1 aliphatic rings. The number of nitrogens with zero attached hydrogens (tertiary/aromatic N) is 1. The largest absolute Gasteiger partial charge is 0.310 e. The van der Waals surface area contributed by atoms with Crippen LogP contribution in [-0.2, 0) is 11.2 Å². The number of aromatic nitrogens is 1. The van der Waals surface area contributed by atoms with Gasteiger partial charge in [-0.05, 0) is 6.07 Å². The predicted molar refractivity (Wildman–Crippen MR) is 66.4 cm³/mol. The van der Waals surface area contributed by atoms with Crippen molar-refractivity contribution in [3.63, 3.8) is 0 Å². The molecule has 1 amide bonds. The second-order valence-electron chi connectivity index (χ2n) is 4.15. The fourth-order valence-electron chi connectivity index (χ4n) is 1.99. The van der Waals surface area contributed by atoms with E-state index in [2.05, 4.69) is 10.3 Å². The van der Waals surface area contributed by atoms with Crippen LogP contribution in [0.1, 0.15) is 21.5 Å². The third-order valence-corrected chi connectivity index (χ3v) is 2.87. The number of benzene rings is 1. The Balaban J connectivity index is 1.97. The molecule has 0 saturated heterocycles. The molecule has 88 valence electrons. The van der Waals surface area contributed by atoms with Gasteiger partial charge in [0.2, 0.25) is 5.91 Å². The molecule has 0 bridgehead atoms. The number of fused-ring (bicyclic) bond motifs is 1. The first-order valence-corrected chi connectivity index (χ1v) is 5.62. The number of hydrogen-bond acceptors (Lipinski definition) is 3. The van der Waals surface area contributed by atoms with Crippen molar-refractivity contribution >= 4 is 17.5 Å². The molecule has 1 N–H and O–H groups in total. The van der Waals surface area contributed by atoms with Crippen molar-refractivity contribution in [1.29, 1.82) is 0 Å². The average Bonchev–Trinajstić information content (AvgIpc) is 2.78. The van der Waals surface area contributed by atoms with Gasteiger partial charge in [0.1, 0.15) is 5.82 Å². The monoisotopic (exact) mass is 238 g/mol. The lowest BCUT2D eigenvalue weighted by Gasteiger charge is -2.02. The molecule has 0 fully saturated rings. The molecule has 18 heavy (non-hydrogen) atoms. The minimum atomic E-state index is -0.0817. The Hall–Kier alpha value is -2.49. The van der Waals surface area contributed by atoms with Crippen molar-refractivity contribution < 1.29 is 9.59 Å². The van der Waals surface area contributed by atoms with Crippen molar-refractivity contribution in [1.82, 2.24) is 4.98 Å². The van der Waals surface area contributed by atoms with E-state index >= 15 is 0 Å². The molecule has 3 rings (SSSR count). The van der Waals surface area contributed by atoms with Crippen molar-refractivity contribution in [3.05, 3.63) is 59.3 Å². The molecule has 0 radical (unpaired) electrons. The van der Waals surface area contributed by atoms with E-state index in [-0.39, 0.29) is 18.1 Å². The van der Waals surface area contributed by atoms with Crippen molar-refractivity contribution in [2.75, 3.05) is 5.32 Å². The van der Waals surface area contributed by atoms with Crippen molar-refractivity contribution in [3.8, 4) is 0 Å². The second kappa shape index (κ2) is 4.07. The summed E-state index contributed by atoms with van der Waals surface area (Å²) >= 11 is 0. The Morgan fingerprint density at radius 1 is 1.17 bits per heavy atom. The zero-order chi connectivity index (χ0) is 12.5. The lowest BCUT2D eigenvalue weighted by atomic mass is 10.0. The topological polar surface area (TPSA) is 59.1 Å². The summed E-state index contributed by atoms with van der Waals surface area (Å²) in [5.74, 6) is 0.400. The van der Waals surface area contributed by atoms with Gasteiger partial charge in [-0.1, -0.05) is 30.3 Å². The highest BCUT2D eigenvalue weighted by Crippen LogP contribution is 2.22. The lowest BCUT2D eigenvalue weighted by Crippen LogP contribution is -2.04. The third kappa shape index (κ3) is 1.78. The summed E-state index contributed by atoms with van der Waals surface area (Å²) in [6, 6.07) is 10.8. The fraction of sp³-hybridized carbons (Fsp3) is 0.0714. The zero-order valence-electron chi connectivity index (χ0n) is 9.51. The van der Waals surface area contributed by atoms with Crippen LogP contribution in [0.15, 0.2) is 42.6 Å². The summed E-state index contributed by atoms with van der Waals surface area (Å²) in [4.78, 5) is 27.5. The average molecular weight is 238 g/mol. The Labute approximate surface area is 104 Å². The quantitative estimate of drug-likeness (QED) is 0.812. The summed E-state index contributed by atoms with van der Waals surface area (Å²) in [7, 11) is 0. The van der Waals surface area contributed by atoms with Gasteiger partial charge in [-0.15, -0.1) is 0 Å². The number of ketones is 1. The molecule has 0 atom stereocenters. The highest BCUT2D eigenvalue weighted by Gasteiger charge is 2.20. The number of carbonyl (C=O) groups excluding carboxylic acids is 2. The number of amides is 1. The number of carbonyl (C=O) groups is 2. The molecule has 2 heterocycles. The maximum absolute atomic E-state index is 12.2. The maximum atomic E-state index is 12.2. The SMILES string of the molecule is O=C1Cc2cc(C(=O)c3ccccc3)cnc2N1. The van der Waals surface area contributed by atoms with E-state index in [0.29, 0.717) is 16.9 Å². The zero-order valence-corrected chi connectivity index (χ0v) is 9.51. The highest BCUT2D eigenvalue weighted by atomic mass is 16.2. The van der Waals surface area contributed by atoms with Gasteiger partial charge >= 0.3 is 0 Å². The normalized spacial score (nSPS) is 13.0. The molecule has 1 aromatic heterocycles. The number of nitrogens with one attached hydrogen (secondary N) is 1. The van der Waals surface area contributed by atoms with Gasteiger partial charge in [-0.2, -0.15) is 0 Å². The first kappa shape index (κ1) is 10.7. The molecule has 0 spiro atoms. The van der Waals surface area contributed by atoms with Crippen LogP contribution >= 0.6 is 0 Å². The second-order valence-corrected chi connectivity index (χ2v) is 4.15. The van der Waals surface area contributed by atoms with E-state index in [0.717, 1.165) is 5.56 Å². The van der Waals surface area contributed by atoms with Crippen molar-refractivity contribution in [2.45, 2.75) is 6.42 Å². The summed E-state index contributed by atoms with van der Waals surface area (Å²) < 4.78 is 0. The highest BCUT2D eigenvalue weighted by molar-refractivity contribution is 6.09. The van der Waals surface area contributed by atoms with Gasteiger partial charge in [0.15, 0.2) is 5.78 Å². The van der Waals surface area contributed by atoms with Crippen LogP contribution in [0.25, 0.3) is 0 Å². The van der Waals surface area contributed by atoms with Crippen LogP contribution in [0.2, 0.25) is 0 Å². The number of rotatable bonds is 2. The van der Waals surface area contributed by atoms with Crippen LogP contribution in [0, 0.1) is 0 Å². The van der Waals surface area contributed by atoms with Gasteiger partial charge in [0, 0.05) is 22.9 Å². The molecule has 4 heteroatoms. The molecule has 2 aromatic rings. The summed E-state index contributed by atoms with van der Waals surface area (Å²) in [6.07, 6.45) is 1.79. The molecule has 0 aliphatic carbocycles. The fourth-order valence-corrected chi connectivity index (χ4v) is 1.99. The van der Waals surface area contributed by atoms with E-state index in [9.17, 15) is 9.59 Å². The maximum Gasteiger partial charge on any atom is 0.230 e. The Kier molecular flexibility index (Phi) is 2.41. The predicted octanol–water partition coefficient (Wildman–Crippen LogP) is 1.81. The van der Waals surface area contributed by atoms with Gasteiger partial charge in [-0.25, -0.2) is 4.98 Å². The van der Waals surface area contributed by atoms with Crippen LogP contribution in [0.3, 0.4) is 0 Å². The van der Waals surface area contributed by atoms with Crippen molar-refractivity contribution in [2.24, 2.45) is 0 Å². The van der Waals surface area contributed by atoms with Gasteiger partial charge in [0.05, 0.1) is 6.42 Å². The Morgan fingerprint density at radius 2 is 1.94 bits per heavy atom. The van der Waals surface area contributed by atoms with Crippen LogP contribution in [0.4, 0.5) is 5.82 Å². The summed E-state index contributed by atoms with van der Waals surface area (Å²) in [5, 5.41) is 2.64. The molecule has 1 aromatic carbocycles. The first-order valence-electron chi connectivity index (χ1n) is 5.62. The Bertz CT molecular complexity index is 635. The van der Waals surface area contributed by atoms with Gasteiger partial charge < -0.3 is 5.32 Å². The van der Waals surface area contributed by atoms with E-state index in [1.54, 1.807) is 18.2 Å². The molecular formula is C14H10N2O2. The van der Waals surface area contributed by atoms with Gasteiger partial charge in [0.25, 0.3) is 0 Å². The van der Waals surface area contributed by atoms with E-state index < -0.39 is 0 Å². The standard InChI is InChI=1S/C14H10N2O2/c17-12-7-10-6-11(8-15-14(10)16-12)13(18)9-4-2-1-3-5-9/h1-6,8H,7H2,(H,15,16,17). The number of hydrogen-bond donors (Lipinski definition) is 1. The number of anilines is 1. The molecule has 0 unspecified atom stereocenters. The Morgan fingerprint density at radius 3 is 2.72 bits per heavy atom. The minimum Gasteiger partial charge on any atom is -0.310 e. The van der Waals surface area contributed by atoms with E-state index in [1.807, 2.05) is 18.2 Å².